The van der Waals surface area contributed by atoms with Crippen LogP contribution in [-0.4, -0.2) is 74.2 Å². The number of hydrogen-bond donors (Lipinski definition) is 1. The minimum atomic E-state index is 0.122. The summed E-state index contributed by atoms with van der Waals surface area (Å²) >= 11 is 0. The monoisotopic (exact) mass is 471 g/mol. The van der Waals surface area contributed by atoms with Crippen LogP contribution in [0.4, 0.5) is 0 Å². The lowest BCUT2D eigenvalue weighted by Gasteiger charge is -2.26. The first-order valence-electron chi connectivity index (χ1n) is 13.8. The normalized spacial score (nSPS) is 21.6. The summed E-state index contributed by atoms with van der Waals surface area (Å²) in [5.74, 6) is 2.62. The van der Waals surface area contributed by atoms with Gasteiger partial charge in [-0.25, -0.2) is 0 Å². The number of fused-ring (bicyclic) bond motifs is 1. The molecule has 0 spiro atoms. The van der Waals surface area contributed by atoms with E-state index in [0.717, 1.165) is 56.3 Å². The maximum Gasteiger partial charge on any atom is 0.220 e. The molecule has 0 aromatic heterocycles. The van der Waals surface area contributed by atoms with Crippen molar-refractivity contribution in [3.05, 3.63) is 23.8 Å². The van der Waals surface area contributed by atoms with Crippen molar-refractivity contribution in [2.75, 3.05) is 52.5 Å². The predicted molar refractivity (Wildman–Crippen MR) is 137 cm³/mol. The third-order valence-electron chi connectivity index (χ3n) is 7.52. The van der Waals surface area contributed by atoms with Crippen molar-refractivity contribution in [3.63, 3.8) is 0 Å². The van der Waals surface area contributed by atoms with Gasteiger partial charge < -0.3 is 24.6 Å². The molecule has 190 valence electrons. The lowest BCUT2D eigenvalue weighted by molar-refractivity contribution is -0.122. The van der Waals surface area contributed by atoms with Gasteiger partial charge in [0.2, 0.25) is 5.91 Å². The van der Waals surface area contributed by atoms with E-state index in [1.165, 1.54) is 63.7 Å². The zero-order valence-corrected chi connectivity index (χ0v) is 21.2. The highest BCUT2D eigenvalue weighted by Crippen LogP contribution is 2.31. The SMILES string of the molecule is CCCCCCCC(=O)N[C@@H](Cc1ccc2c(c1)OCCO2)CN1CCC(CN2CCCC2)C1. The van der Waals surface area contributed by atoms with Crippen LogP contribution in [0.3, 0.4) is 0 Å². The van der Waals surface area contributed by atoms with Gasteiger partial charge in [-0.1, -0.05) is 38.7 Å². The molecule has 0 saturated carbocycles. The summed E-state index contributed by atoms with van der Waals surface area (Å²) in [6, 6.07) is 6.35. The third kappa shape index (κ3) is 7.88. The molecule has 2 saturated heterocycles. The molecule has 4 rings (SSSR count). The largest absolute Gasteiger partial charge is 0.486 e. The number of benzene rings is 1. The van der Waals surface area contributed by atoms with Crippen molar-refractivity contribution in [2.24, 2.45) is 5.92 Å². The molecule has 0 bridgehead atoms. The van der Waals surface area contributed by atoms with Gasteiger partial charge in [0.1, 0.15) is 13.2 Å². The van der Waals surface area contributed by atoms with Gasteiger partial charge in [0.15, 0.2) is 11.5 Å². The number of ether oxygens (including phenoxy) is 2. The van der Waals surface area contributed by atoms with Crippen LogP contribution in [0, 0.1) is 5.92 Å². The van der Waals surface area contributed by atoms with Gasteiger partial charge in [-0.05, 0) is 75.4 Å². The number of unbranched alkanes of at least 4 members (excludes halogenated alkanes) is 4. The molecule has 3 aliphatic rings. The Balaban J connectivity index is 1.31. The molecule has 2 atom stereocenters. The lowest BCUT2D eigenvalue weighted by Crippen LogP contribution is -2.44. The van der Waals surface area contributed by atoms with E-state index in [0.29, 0.717) is 19.6 Å². The number of likely N-dealkylation sites (tertiary alicyclic amines) is 2. The lowest BCUT2D eigenvalue weighted by atomic mass is 10.0. The first-order chi connectivity index (χ1) is 16.7. The topological polar surface area (TPSA) is 54.0 Å². The van der Waals surface area contributed by atoms with Crippen molar-refractivity contribution in [1.82, 2.24) is 15.1 Å². The number of rotatable bonds is 13. The van der Waals surface area contributed by atoms with E-state index in [1.54, 1.807) is 0 Å². The van der Waals surface area contributed by atoms with E-state index in [9.17, 15) is 4.79 Å². The average Bonchev–Trinajstić information content (AvgIpc) is 3.51. The Hall–Kier alpha value is -1.79. The van der Waals surface area contributed by atoms with Crippen LogP contribution in [0.2, 0.25) is 0 Å². The second-order valence-corrected chi connectivity index (χ2v) is 10.5. The molecular formula is C28H45N3O3. The molecule has 34 heavy (non-hydrogen) atoms. The summed E-state index contributed by atoms with van der Waals surface area (Å²) in [4.78, 5) is 18.0. The van der Waals surface area contributed by atoms with Crippen LogP contribution >= 0.6 is 0 Å². The summed E-state index contributed by atoms with van der Waals surface area (Å²) in [7, 11) is 0. The summed E-state index contributed by atoms with van der Waals surface area (Å²) < 4.78 is 11.5. The van der Waals surface area contributed by atoms with Gasteiger partial charge in [0.25, 0.3) is 0 Å². The molecule has 6 nitrogen and oxygen atoms in total. The Morgan fingerprint density at radius 2 is 1.82 bits per heavy atom. The zero-order valence-electron chi connectivity index (χ0n) is 21.2. The minimum Gasteiger partial charge on any atom is -0.486 e. The van der Waals surface area contributed by atoms with Gasteiger partial charge in [-0.15, -0.1) is 0 Å². The summed E-state index contributed by atoms with van der Waals surface area (Å²) in [6.45, 7) is 10.4. The van der Waals surface area contributed by atoms with Gasteiger partial charge in [-0.3, -0.25) is 4.79 Å². The van der Waals surface area contributed by atoms with Crippen LogP contribution < -0.4 is 14.8 Å². The molecule has 1 N–H and O–H groups in total. The molecule has 1 aromatic carbocycles. The quantitative estimate of drug-likeness (QED) is 0.436. The molecule has 1 amide bonds. The number of hydrogen-bond acceptors (Lipinski definition) is 5. The number of carbonyl (C=O) groups excluding carboxylic acids is 1. The van der Waals surface area contributed by atoms with Crippen molar-refractivity contribution in [2.45, 2.75) is 77.2 Å². The van der Waals surface area contributed by atoms with Crippen LogP contribution in [-0.2, 0) is 11.2 Å². The van der Waals surface area contributed by atoms with E-state index in [2.05, 4.69) is 34.2 Å². The van der Waals surface area contributed by atoms with Crippen LogP contribution in [0.1, 0.15) is 70.3 Å². The molecule has 0 aliphatic carbocycles. The van der Waals surface area contributed by atoms with Crippen LogP contribution in [0.15, 0.2) is 18.2 Å². The van der Waals surface area contributed by atoms with Crippen molar-refractivity contribution in [3.8, 4) is 11.5 Å². The summed E-state index contributed by atoms with van der Waals surface area (Å²) in [5.41, 5.74) is 1.20. The molecule has 0 radical (unpaired) electrons. The summed E-state index contributed by atoms with van der Waals surface area (Å²) in [6.07, 6.45) is 11.3. The predicted octanol–water partition coefficient (Wildman–Crippen LogP) is 4.26. The van der Waals surface area contributed by atoms with Gasteiger partial charge in [-0.2, -0.15) is 0 Å². The van der Waals surface area contributed by atoms with E-state index < -0.39 is 0 Å². The fraction of sp³-hybridized carbons (Fsp3) is 0.750. The third-order valence-corrected chi connectivity index (χ3v) is 7.52. The second-order valence-electron chi connectivity index (χ2n) is 10.5. The second kappa shape index (κ2) is 13.3. The summed E-state index contributed by atoms with van der Waals surface area (Å²) in [5, 5.41) is 3.39. The van der Waals surface area contributed by atoms with Gasteiger partial charge in [0, 0.05) is 32.1 Å². The molecule has 1 aromatic rings. The van der Waals surface area contributed by atoms with Crippen LogP contribution in [0.25, 0.3) is 0 Å². The fourth-order valence-corrected chi connectivity index (χ4v) is 5.72. The Kier molecular flexibility index (Phi) is 9.93. The minimum absolute atomic E-state index is 0.122. The molecule has 3 aliphatic heterocycles. The molecule has 2 fully saturated rings. The first kappa shape index (κ1) is 25.3. The molecule has 6 heteroatoms. The number of amides is 1. The fourth-order valence-electron chi connectivity index (χ4n) is 5.72. The first-order valence-corrected chi connectivity index (χ1v) is 13.8. The van der Waals surface area contributed by atoms with E-state index in [4.69, 9.17) is 9.47 Å². The number of nitrogens with one attached hydrogen (secondary N) is 1. The highest BCUT2D eigenvalue weighted by atomic mass is 16.6. The highest BCUT2D eigenvalue weighted by Gasteiger charge is 2.28. The molecule has 1 unspecified atom stereocenters. The van der Waals surface area contributed by atoms with Gasteiger partial charge >= 0.3 is 0 Å². The Morgan fingerprint density at radius 1 is 1.03 bits per heavy atom. The van der Waals surface area contributed by atoms with Crippen molar-refractivity contribution in [1.29, 1.82) is 0 Å². The number of carbonyl (C=O) groups is 1. The Labute approximate surface area is 206 Å². The van der Waals surface area contributed by atoms with Crippen LogP contribution in [0.5, 0.6) is 11.5 Å². The molecular weight excluding hydrogens is 426 g/mol. The Morgan fingerprint density at radius 3 is 2.65 bits per heavy atom. The van der Waals surface area contributed by atoms with Gasteiger partial charge in [0.05, 0.1) is 0 Å². The van der Waals surface area contributed by atoms with Crippen molar-refractivity contribution >= 4 is 5.91 Å². The zero-order chi connectivity index (χ0) is 23.6. The van der Waals surface area contributed by atoms with E-state index >= 15 is 0 Å². The van der Waals surface area contributed by atoms with E-state index in [-0.39, 0.29) is 11.9 Å². The van der Waals surface area contributed by atoms with Crippen molar-refractivity contribution < 1.29 is 14.3 Å². The average molecular weight is 472 g/mol. The standard InChI is InChI=1S/C28H45N3O3/c1-2-3-4-5-6-9-28(32)29-25(18-23-10-11-26-27(19-23)34-17-16-33-26)22-31-15-12-24(21-31)20-30-13-7-8-14-30/h10-11,19,24-25H,2-9,12-18,20-22H2,1H3,(H,29,32)/t24?,25-/m0/s1. The highest BCUT2D eigenvalue weighted by molar-refractivity contribution is 5.76. The maximum atomic E-state index is 12.8. The Bertz CT molecular complexity index is 765. The van der Waals surface area contributed by atoms with E-state index in [1.807, 2.05) is 6.07 Å². The smallest absolute Gasteiger partial charge is 0.220 e. The number of nitrogens with zero attached hydrogens (tertiary/aromatic N) is 2. The molecule has 3 heterocycles. The maximum absolute atomic E-state index is 12.8.